The number of nitrogens with two attached hydrogens (primary N) is 1. The van der Waals surface area contributed by atoms with Gasteiger partial charge in [-0.05, 0) is 22.0 Å². The molecular weight excluding hydrogens is 316 g/mol. The standard InChI is InChI=1S/C11H13BrN4OS/c1-17-11-4-9(14-6-15-11)10(16-13)3-8-2-7(12)5-18-8/h2,4-6,10,16H,3,13H2,1H3. The molecule has 0 aromatic carbocycles. The molecule has 0 saturated carbocycles. The highest BCUT2D eigenvalue weighted by Gasteiger charge is 2.14. The van der Waals surface area contributed by atoms with Crippen LogP contribution in [0.25, 0.3) is 0 Å². The van der Waals surface area contributed by atoms with Crippen molar-refractivity contribution in [1.29, 1.82) is 0 Å². The number of nitrogens with one attached hydrogen (secondary N) is 1. The van der Waals surface area contributed by atoms with Crippen LogP contribution in [-0.2, 0) is 6.42 Å². The first-order valence-electron chi connectivity index (χ1n) is 5.28. The van der Waals surface area contributed by atoms with Crippen LogP contribution in [0.1, 0.15) is 16.6 Å². The molecule has 1 unspecified atom stereocenters. The van der Waals surface area contributed by atoms with E-state index in [0.29, 0.717) is 5.88 Å². The molecule has 0 fully saturated rings. The topological polar surface area (TPSA) is 73.1 Å². The van der Waals surface area contributed by atoms with Crippen LogP contribution in [-0.4, -0.2) is 17.1 Å². The van der Waals surface area contributed by atoms with Gasteiger partial charge in [-0.25, -0.2) is 9.97 Å². The average molecular weight is 329 g/mol. The molecule has 7 heteroatoms. The van der Waals surface area contributed by atoms with Crippen molar-refractivity contribution in [3.05, 3.63) is 38.9 Å². The summed E-state index contributed by atoms with van der Waals surface area (Å²) in [6.07, 6.45) is 2.25. The van der Waals surface area contributed by atoms with Gasteiger partial charge >= 0.3 is 0 Å². The highest BCUT2D eigenvalue weighted by atomic mass is 79.9. The lowest BCUT2D eigenvalue weighted by Crippen LogP contribution is -2.30. The molecule has 96 valence electrons. The Hall–Kier alpha value is -1.02. The number of hydrogen-bond donors (Lipinski definition) is 2. The first-order valence-corrected chi connectivity index (χ1v) is 6.95. The predicted molar refractivity (Wildman–Crippen MR) is 74.4 cm³/mol. The molecule has 1 atom stereocenters. The van der Waals surface area contributed by atoms with E-state index in [-0.39, 0.29) is 6.04 Å². The van der Waals surface area contributed by atoms with Gasteiger partial charge in [-0.1, -0.05) is 0 Å². The summed E-state index contributed by atoms with van der Waals surface area (Å²) in [7, 11) is 1.58. The lowest BCUT2D eigenvalue weighted by atomic mass is 10.1. The summed E-state index contributed by atoms with van der Waals surface area (Å²) < 4.78 is 6.16. The van der Waals surface area contributed by atoms with E-state index in [9.17, 15) is 0 Å². The molecule has 2 heterocycles. The van der Waals surface area contributed by atoms with Gasteiger partial charge in [0.2, 0.25) is 5.88 Å². The number of hydrogen-bond acceptors (Lipinski definition) is 6. The Morgan fingerprint density at radius 1 is 1.50 bits per heavy atom. The largest absolute Gasteiger partial charge is 0.481 e. The van der Waals surface area contributed by atoms with Crippen LogP contribution in [0.5, 0.6) is 5.88 Å². The van der Waals surface area contributed by atoms with Gasteiger partial charge in [0.15, 0.2) is 0 Å². The SMILES string of the molecule is COc1cc(C(Cc2cc(Br)cs2)NN)ncn1. The van der Waals surface area contributed by atoms with Crippen molar-refractivity contribution in [3.63, 3.8) is 0 Å². The number of methoxy groups -OCH3 is 1. The molecule has 0 aliphatic heterocycles. The van der Waals surface area contributed by atoms with Crippen molar-refractivity contribution < 1.29 is 4.74 Å². The van der Waals surface area contributed by atoms with Crippen molar-refractivity contribution in [1.82, 2.24) is 15.4 Å². The predicted octanol–water partition coefficient (Wildman–Crippen LogP) is 2.06. The van der Waals surface area contributed by atoms with Crippen LogP contribution in [0.2, 0.25) is 0 Å². The molecule has 2 aromatic rings. The molecule has 5 nitrogen and oxygen atoms in total. The number of hydrazine groups is 1. The second-order valence-electron chi connectivity index (χ2n) is 3.64. The van der Waals surface area contributed by atoms with Crippen molar-refractivity contribution in [2.45, 2.75) is 12.5 Å². The lowest BCUT2D eigenvalue weighted by Gasteiger charge is -2.14. The van der Waals surface area contributed by atoms with Crippen LogP contribution in [0.15, 0.2) is 28.3 Å². The number of ether oxygens (including phenoxy) is 1. The minimum Gasteiger partial charge on any atom is -0.481 e. The molecule has 0 amide bonds. The Morgan fingerprint density at radius 3 is 2.94 bits per heavy atom. The van der Waals surface area contributed by atoms with E-state index in [0.717, 1.165) is 16.6 Å². The maximum absolute atomic E-state index is 5.59. The van der Waals surface area contributed by atoms with E-state index in [1.807, 2.05) is 5.38 Å². The zero-order valence-corrected chi connectivity index (χ0v) is 12.2. The maximum Gasteiger partial charge on any atom is 0.216 e. The monoisotopic (exact) mass is 328 g/mol. The van der Waals surface area contributed by atoms with Crippen molar-refractivity contribution in [2.24, 2.45) is 5.84 Å². The van der Waals surface area contributed by atoms with E-state index in [1.165, 1.54) is 11.2 Å². The van der Waals surface area contributed by atoms with Gasteiger partial charge in [-0.2, -0.15) is 0 Å². The van der Waals surface area contributed by atoms with Crippen molar-refractivity contribution >= 4 is 27.3 Å². The maximum atomic E-state index is 5.59. The Bertz CT molecular complexity index is 519. The van der Waals surface area contributed by atoms with Gasteiger partial charge in [0, 0.05) is 27.2 Å². The second kappa shape index (κ2) is 6.24. The Kier molecular flexibility index (Phi) is 4.65. The minimum absolute atomic E-state index is 0.0625. The van der Waals surface area contributed by atoms with Crippen molar-refractivity contribution in [3.8, 4) is 5.88 Å². The summed E-state index contributed by atoms with van der Waals surface area (Å²) in [6.45, 7) is 0. The fourth-order valence-corrected chi connectivity index (χ4v) is 3.06. The Morgan fingerprint density at radius 2 is 2.33 bits per heavy atom. The van der Waals surface area contributed by atoms with Gasteiger partial charge in [0.25, 0.3) is 0 Å². The number of aromatic nitrogens is 2. The summed E-state index contributed by atoms with van der Waals surface area (Å²) >= 11 is 5.12. The lowest BCUT2D eigenvalue weighted by molar-refractivity contribution is 0.394. The second-order valence-corrected chi connectivity index (χ2v) is 5.55. The highest BCUT2D eigenvalue weighted by Crippen LogP contribution is 2.25. The summed E-state index contributed by atoms with van der Waals surface area (Å²) in [5, 5.41) is 2.05. The zero-order chi connectivity index (χ0) is 13.0. The molecule has 18 heavy (non-hydrogen) atoms. The van der Waals surface area contributed by atoms with Crippen LogP contribution >= 0.6 is 27.3 Å². The van der Waals surface area contributed by atoms with Gasteiger partial charge < -0.3 is 4.74 Å². The smallest absolute Gasteiger partial charge is 0.216 e. The third-order valence-electron chi connectivity index (χ3n) is 2.46. The highest BCUT2D eigenvalue weighted by molar-refractivity contribution is 9.10. The number of halogens is 1. The molecule has 0 bridgehead atoms. The van der Waals surface area contributed by atoms with E-state index in [4.69, 9.17) is 10.6 Å². The Labute approximate surface area is 118 Å². The summed E-state index contributed by atoms with van der Waals surface area (Å²) in [4.78, 5) is 9.42. The third-order valence-corrected chi connectivity index (χ3v) is 4.18. The molecule has 0 aliphatic rings. The van der Waals surface area contributed by atoms with Gasteiger partial charge in [0.05, 0.1) is 18.8 Å². The van der Waals surface area contributed by atoms with Crippen molar-refractivity contribution in [2.75, 3.05) is 7.11 Å². The normalized spacial score (nSPS) is 12.4. The van der Waals surface area contributed by atoms with Gasteiger partial charge in [-0.3, -0.25) is 11.3 Å². The first-order chi connectivity index (χ1) is 8.72. The van der Waals surface area contributed by atoms with Crippen LogP contribution in [0.4, 0.5) is 0 Å². The molecule has 2 rings (SSSR count). The number of thiophene rings is 1. The summed E-state index contributed by atoms with van der Waals surface area (Å²) in [6, 6.07) is 3.80. The van der Waals surface area contributed by atoms with E-state index < -0.39 is 0 Å². The molecule has 0 radical (unpaired) electrons. The van der Waals surface area contributed by atoms with Crippen LogP contribution in [0.3, 0.4) is 0 Å². The van der Waals surface area contributed by atoms with E-state index in [1.54, 1.807) is 24.5 Å². The zero-order valence-electron chi connectivity index (χ0n) is 9.76. The fourth-order valence-electron chi connectivity index (χ4n) is 1.57. The minimum atomic E-state index is -0.0625. The molecule has 2 aromatic heterocycles. The van der Waals surface area contributed by atoms with Crippen LogP contribution in [0, 0.1) is 0 Å². The van der Waals surface area contributed by atoms with Crippen LogP contribution < -0.4 is 16.0 Å². The molecule has 3 N–H and O–H groups in total. The molecular formula is C11H13BrN4OS. The number of rotatable bonds is 5. The van der Waals surface area contributed by atoms with Gasteiger partial charge in [0.1, 0.15) is 6.33 Å². The average Bonchev–Trinajstić information content (AvgIpc) is 2.81. The molecule has 0 spiro atoms. The Balaban J connectivity index is 2.17. The molecule has 0 aliphatic carbocycles. The fraction of sp³-hybridized carbons (Fsp3) is 0.273. The number of nitrogens with zero attached hydrogens (tertiary/aromatic N) is 2. The third kappa shape index (κ3) is 3.26. The van der Waals surface area contributed by atoms with E-state index >= 15 is 0 Å². The summed E-state index contributed by atoms with van der Waals surface area (Å²) in [5.74, 6) is 6.13. The summed E-state index contributed by atoms with van der Waals surface area (Å²) in [5.41, 5.74) is 3.59. The quantitative estimate of drug-likeness (QED) is 0.649. The van der Waals surface area contributed by atoms with E-state index in [2.05, 4.69) is 37.4 Å². The molecule has 0 saturated heterocycles. The first kappa shape index (κ1) is 13.4. The van der Waals surface area contributed by atoms with Gasteiger partial charge in [-0.15, -0.1) is 11.3 Å².